The fourth-order valence-corrected chi connectivity index (χ4v) is 3.35. The number of benzene rings is 1. The van der Waals surface area contributed by atoms with E-state index in [0.717, 1.165) is 25.9 Å². The van der Waals surface area contributed by atoms with Crippen molar-refractivity contribution in [2.24, 2.45) is 5.92 Å². The first kappa shape index (κ1) is 19.7. The van der Waals surface area contributed by atoms with E-state index in [1.165, 1.54) is 6.26 Å². The van der Waals surface area contributed by atoms with Crippen LogP contribution in [0.4, 0.5) is 5.69 Å². The number of piperidine rings is 1. The van der Waals surface area contributed by atoms with Crippen molar-refractivity contribution in [2.75, 3.05) is 18.4 Å². The normalized spacial score (nSPS) is 14.7. The van der Waals surface area contributed by atoms with Crippen molar-refractivity contribution in [3.63, 3.8) is 0 Å². The number of nitrogens with one attached hydrogen (secondary N) is 1. The molecular weight excluding hydrogens is 360 g/mol. The van der Waals surface area contributed by atoms with E-state index < -0.39 is 11.9 Å². The molecule has 7 nitrogen and oxygen atoms in total. The average molecular weight is 384 g/mol. The number of carboxylic acids is 1. The number of carbonyl (C=O) groups excluding carboxylic acids is 2. The van der Waals surface area contributed by atoms with Crippen LogP contribution in [0.3, 0.4) is 0 Å². The lowest BCUT2D eigenvalue weighted by Gasteiger charge is -2.30. The van der Waals surface area contributed by atoms with Crippen molar-refractivity contribution in [1.29, 1.82) is 0 Å². The Bertz CT molecular complexity index is 877. The Labute approximate surface area is 163 Å². The Balaban J connectivity index is 1.68. The second kappa shape index (κ2) is 8.29. The van der Waals surface area contributed by atoms with Crippen molar-refractivity contribution < 1.29 is 23.9 Å². The van der Waals surface area contributed by atoms with Gasteiger partial charge in [-0.2, -0.15) is 0 Å². The number of carbonyl (C=O) groups is 3. The molecule has 0 atom stereocenters. The molecule has 3 rings (SSSR count). The second-order valence-electron chi connectivity index (χ2n) is 7.29. The molecule has 148 valence electrons. The lowest BCUT2D eigenvalue weighted by Crippen LogP contribution is -2.37. The van der Waals surface area contributed by atoms with Gasteiger partial charge in [0.1, 0.15) is 12.2 Å². The second-order valence-corrected chi connectivity index (χ2v) is 7.29. The smallest absolute Gasteiger partial charge is 0.311 e. The van der Waals surface area contributed by atoms with Crippen LogP contribution in [0.2, 0.25) is 0 Å². The zero-order chi connectivity index (χ0) is 20.3. The number of hydrogen-bond donors (Lipinski definition) is 2. The van der Waals surface area contributed by atoms with E-state index in [-0.39, 0.29) is 23.7 Å². The van der Waals surface area contributed by atoms with E-state index in [4.69, 9.17) is 9.52 Å². The number of nitrogens with zero attached hydrogens (tertiary/aromatic N) is 1. The van der Waals surface area contributed by atoms with Gasteiger partial charge in [0.2, 0.25) is 0 Å². The topological polar surface area (TPSA) is 99.8 Å². The van der Waals surface area contributed by atoms with Crippen molar-refractivity contribution in [3.8, 4) is 0 Å². The van der Waals surface area contributed by atoms with Crippen LogP contribution in [0.5, 0.6) is 0 Å². The Morgan fingerprint density at radius 2 is 1.82 bits per heavy atom. The molecule has 1 saturated heterocycles. The third-order valence-corrected chi connectivity index (χ3v) is 5.05. The fraction of sp³-hybridized carbons (Fsp3) is 0.381. The summed E-state index contributed by atoms with van der Waals surface area (Å²) in [5.41, 5.74) is 1.90. The molecule has 0 radical (unpaired) electrons. The highest BCUT2D eigenvalue weighted by atomic mass is 16.4. The van der Waals surface area contributed by atoms with Crippen LogP contribution in [0, 0.1) is 12.8 Å². The van der Waals surface area contributed by atoms with Crippen LogP contribution < -0.4 is 5.32 Å². The van der Waals surface area contributed by atoms with Gasteiger partial charge in [0.15, 0.2) is 0 Å². The molecule has 28 heavy (non-hydrogen) atoms. The van der Waals surface area contributed by atoms with E-state index in [1.807, 2.05) is 4.90 Å². The molecule has 2 aromatic rings. The Morgan fingerprint density at radius 1 is 1.18 bits per heavy atom. The molecule has 7 heteroatoms. The summed E-state index contributed by atoms with van der Waals surface area (Å²) in [6, 6.07) is 6.72. The number of rotatable bonds is 5. The van der Waals surface area contributed by atoms with Crippen LogP contribution in [0.1, 0.15) is 51.8 Å². The van der Waals surface area contributed by atoms with Gasteiger partial charge in [0, 0.05) is 29.9 Å². The Morgan fingerprint density at radius 3 is 2.43 bits per heavy atom. The first-order chi connectivity index (χ1) is 13.3. The largest absolute Gasteiger partial charge is 0.481 e. The average Bonchev–Trinajstić information content (AvgIpc) is 3.02. The molecule has 1 aromatic carbocycles. The molecule has 0 bridgehead atoms. The maximum atomic E-state index is 12.6. The van der Waals surface area contributed by atoms with Crippen molar-refractivity contribution in [1.82, 2.24) is 4.90 Å². The van der Waals surface area contributed by atoms with E-state index in [9.17, 15) is 14.4 Å². The number of carboxylic acid groups (broad SMARTS) is 1. The minimum Gasteiger partial charge on any atom is -0.481 e. The van der Waals surface area contributed by atoms with Crippen LogP contribution in [-0.4, -0.2) is 40.9 Å². The summed E-state index contributed by atoms with van der Waals surface area (Å²) in [5.74, 6) is -0.739. The van der Waals surface area contributed by atoms with Gasteiger partial charge in [-0.25, -0.2) is 0 Å². The van der Waals surface area contributed by atoms with Crippen molar-refractivity contribution in [2.45, 2.75) is 33.1 Å². The van der Waals surface area contributed by atoms with Crippen molar-refractivity contribution in [3.05, 3.63) is 53.0 Å². The van der Waals surface area contributed by atoms with Gasteiger partial charge in [-0.05, 0) is 49.9 Å². The Kier molecular flexibility index (Phi) is 5.82. The lowest BCUT2D eigenvalue weighted by atomic mass is 9.98. The number of anilines is 1. The molecule has 1 fully saturated rings. The minimum atomic E-state index is -1.07. The van der Waals surface area contributed by atoms with Gasteiger partial charge in [-0.3, -0.25) is 14.4 Å². The monoisotopic (exact) mass is 384 g/mol. The number of hydrogen-bond acceptors (Lipinski definition) is 4. The van der Waals surface area contributed by atoms with Gasteiger partial charge in [-0.1, -0.05) is 6.92 Å². The maximum absolute atomic E-state index is 12.6. The SMILES string of the molecule is Cc1coc(CC(=O)O)c1C(=O)Nc1ccc(C(=O)N2CCC(C)CC2)cc1. The van der Waals surface area contributed by atoms with Gasteiger partial charge >= 0.3 is 5.97 Å². The zero-order valence-corrected chi connectivity index (χ0v) is 16.0. The van der Waals surface area contributed by atoms with E-state index in [2.05, 4.69) is 12.2 Å². The van der Waals surface area contributed by atoms with Crippen LogP contribution in [-0.2, 0) is 11.2 Å². The highest BCUT2D eigenvalue weighted by Crippen LogP contribution is 2.21. The minimum absolute atomic E-state index is 0.000741. The van der Waals surface area contributed by atoms with Crippen LogP contribution in [0.15, 0.2) is 34.9 Å². The number of amides is 2. The maximum Gasteiger partial charge on any atom is 0.311 e. The van der Waals surface area contributed by atoms with E-state index in [0.29, 0.717) is 22.7 Å². The first-order valence-corrected chi connectivity index (χ1v) is 9.34. The molecule has 1 aromatic heterocycles. The van der Waals surface area contributed by atoms with Crippen molar-refractivity contribution >= 4 is 23.5 Å². The third-order valence-electron chi connectivity index (χ3n) is 5.05. The van der Waals surface area contributed by atoms with E-state index >= 15 is 0 Å². The summed E-state index contributed by atoms with van der Waals surface area (Å²) >= 11 is 0. The standard InChI is InChI=1S/C21H24N2O5/c1-13-7-9-23(10-8-13)21(27)15-3-5-16(6-4-15)22-20(26)19-14(2)12-28-17(19)11-18(24)25/h3-6,12-13H,7-11H2,1-2H3,(H,22,26)(H,24,25). The molecule has 2 amide bonds. The highest BCUT2D eigenvalue weighted by molar-refractivity contribution is 6.06. The summed E-state index contributed by atoms with van der Waals surface area (Å²) < 4.78 is 5.20. The van der Waals surface area contributed by atoms with Gasteiger partial charge < -0.3 is 19.7 Å². The van der Waals surface area contributed by atoms with Crippen LogP contribution in [0.25, 0.3) is 0 Å². The first-order valence-electron chi connectivity index (χ1n) is 9.34. The summed E-state index contributed by atoms with van der Waals surface area (Å²) in [5, 5.41) is 11.7. The quantitative estimate of drug-likeness (QED) is 0.824. The van der Waals surface area contributed by atoms with Gasteiger partial charge in [0.25, 0.3) is 11.8 Å². The molecule has 0 unspecified atom stereocenters. The highest BCUT2D eigenvalue weighted by Gasteiger charge is 2.22. The van der Waals surface area contributed by atoms with Gasteiger partial charge in [0.05, 0.1) is 11.8 Å². The van der Waals surface area contributed by atoms with E-state index in [1.54, 1.807) is 31.2 Å². The predicted molar refractivity (Wildman–Crippen MR) is 103 cm³/mol. The molecule has 2 N–H and O–H groups in total. The predicted octanol–water partition coefficient (Wildman–Crippen LogP) is 3.34. The summed E-state index contributed by atoms with van der Waals surface area (Å²) in [4.78, 5) is 37.9. The molecule has 1 aliphatic rings. The molecule has 1 aliphatic heterocycles. The molecule has 2 heterocycles. The van der Waals surface area contributed by atoms with Crippen LogP contribution >= 0.6 is 0 Å². The molecule has 0 saturated carbocycles. The Hall–Kier alpha value is -3.09. The number of likely N-dealkylation sites (tertiary alicyclic amines) is 1. The summed E-state index contributed by atoms with van der Waals surface area (Å²) in [6.07, 6.45) is 3.04. The number of aliphatic carboxylic acids is 1. The lowest BCUT2D eigenvalue weighted by molar-refractivity contribution is -0.136. The number of aryl methyl sites for hydroxylation is 1. The zero-order valence-electron chi connectivity index (χ0n) is 16.0. The molecular formula is C21H24N2O5. The third kappa shape index (κ3) is 4.42. The molecule has 0 aliphatic carbocycles. The number of furan rings is 1. The summed E-state index contributed by atoms with van der Waals surface area (Å²) in [7, 11) is 0. The van der Waals surface area contributed by atoms with Gasteiger partial charge in [-0.15, -0.1) is 0 Å². The molecule has 0 spiro atoms. The fourth-order valence-electron chi connectivity index (χ4n) is 3.35. The summed E-state index contributed by atoms with van der Waals surface area (Å²) in [6.45, 7) is 5.42.